The summed E-state index contributed by atoms with van der Waals surface area (Å²) in [6.45, 7) is 4.97. The summed E-state index contributed by atoms with van der Waals surface area (Å²) in [7, 11) is 0. The van der Waals surface area contributed by atoms with Crippen molar-refractivity contribution in [1.82, 2.24) is 10.3 Å². The van der Waals surface area contributed by atoms with Crippen LogP contribution in [-0.4, -0.2) is 17.5 Å². The van der Waals surface area contributed by atoms with Crippen LogP contribution < -0.4 is 10.1 Å². The second-order valence-electron chi connectivity index (χ2n) is 5.29. The van der Waals surface area contributed by atoms with Gasteiger partial charge in [0.05, 0.1) is 18.2 Å². The molecular weight excluding hydrogens is 284 g/mol. The van der Waals surface area contributed by atoms with E-state index in [-0.39, 0.29) is 11.8 Å². The van der Waals surface area contributed by atoms with E-state index in [9.17, 15) is 4.79 Å². The first-order chi connectivity index (χ1) is 10.1. The smallest absolute Gasteiger partial charge is 0.227 e. The van der Waals surface area contributed by atoms with Crippen molar-refractivity contribution in [1.29, 1.82) is 0 Å². The van der Waals surface area contributed by atoms with Crippen LogP contribution >= 0.6 is 11.3 Å². The monoisotopic (exact) mass is 302 g/mol. The van der Waals surface area contributed by atoms with E-state index in [0.717, 1.165) is 28.4 Å². The molecule has 0 fully saturated rings. The predicted octanol–water partition coefficient (Wildman–Crippen LogP) is 2.63. The predicted molar refractivity (Wildman–Crippen MR) is 82.6 cm³/mol. The summed E-state index contributed by atoms with van der Waals surface area (Å²) >= 11 is 1.63. The molecule has 0 spiro atoms. The molecule has 1 aliphatic rings. The second kappa shape index (κ2) is 5.85. The third-order valence-corrected chi connectivity index (χ3v) is 4.81. The number of aryl methyl sites for hydroxylation is 2. The van der Waals surface area contributed by atoms with E-state index in [1.165, 1.54) is 4.88 Å². The molecule has 0 saturated carbocycles. The molecular formula is C16H18N2O2S. The van der Waals surface area contributed by atoms with E-state index in [4.69, 9.17) is 4.74 Å². The van der Waals surface area contributed by atoms with E-state index in [1.54, 1.807) is 11.3 Å². The van der Waals surface area contributed by atoms with Gasteiger partial charge in [-0.1, -0.05) is 18.2 Å². The highest BCUT2D eigenvalue weighted by Crippen LogP contribution is 2.27. The number of rotatable bonds is 3. The zero-order chi connectivity index (χ0) is 14.8. The first kappa shape index (κ1) is 14.1. The van der Waals surface area contributed by atoms with Crippen molar-refractivity contribution in [3.63, 3.8) is 0 Å². The van der Waals surface area contributed by atoms with Crippen LogP contribution in [0.5, 0.6) is 5.75 Å². The molecule has 0 saturated heterocycles. The Bertz CT molecular complexity index is 647. The van der Waals surface area contributed by atoms with Crippen LogP contribution in [0, 0.1) is 19.8 Å². The Labute approximate surface area is 128 Å². The first-order valence-electron chi connectivity index (χ1n) is 7.05. The van der Waals surface area contributed by atoms with Crippen LogP contribution in [0.25, 0.3) is 0 Å². The molecule has 0 bridgehead atoms. The number of hydrogen-bond acceptors (Lipinski definition) is 4. The summed E-state index contributed by atoms with van der Waals surface area (Å²) in [4.78, 5) is 17.9. The average molecular weight is 302 g/mol. The number of carbonyl (C=O) groups is 1. The Hall–Kier alpha value is -1.88. The minimum atomic E-state index is -0.123. The summed E-state index contributed by atoms with van der Waals surface area (Å²) in [5, 5.41) is 3.92. The quantitative estimate of drug-likeness (QED) is 0.948. The number of aromatic nitrogens is 1. The topological polar surface area (TPSA) is 51.2 Å². The number of benzene rings is 1. The third kappa shape index (κ3) is 3.08. The maximum atomic E-state index is 12.3. The Morgan fingerprint density at radius 2 is 2.24 bits per heavy atom. The van der Waals surface area contributed by atoms with E-state index in [1.807, 2.05) is 38.1 Å². The highest BCUT2D eigenvalue weighted by molar-refractivity contribution is 7.11. The number of nitrogens with zero attached hydrogens (tertiary/aromatic N) is 1. The van der Waals surface area contributed by atoms with Gasteiger partial charge in [0.2, 0.25) is 5.91 Å². The fourth-order valence-electron chi connectivity index (χ4n) is 2.42. The number of amides is 1. The van der Waals surface area contributed by atoms with Gasteiger partial charge >= 0.3 is 0 Å². The van der Waals surface area contributed by atoms with Gasteiger partial charge in [-0.05, 0) is 31.9 Å². The van der Waals surface area contributed by atoms with Gasteiger partial charge in [0.1, 0.15) is 17.4 Å². The van der Waals surface area contributed by atoms with Gasteiger partial charge in [0.15, 0.2) is 0 Å². The Morgan fingerprint density at radius 1 is 1.43 bits per heavy atom. The van der Waals surface area contributed by atoms with Gasteiger partial charge in [-0.15, -0.1) is 11.3 Å². The van der Waals surface area contributed by atoms with Crippen molar-refractivity contribution in [2.75, 3.05) is 6.61 Å². The van der Waals surface area contributed by atoms with Crippen LogP contribution in [0.3, 0.4) is 0 Å². The number of para-hydroxylation sites is 1. The SMILES string of the molecule is Cc1nc(CNC(=O)[C@H]2COc3ccccc3C2)sc1C. The minimum Gasteiger partial charge on any atom is -0.492 e. The highest BCUT2D eigenvalue weighted by atomic mass is 32.1. The molecule has 1 aliphatic heterocycles. The number of carbonyl (C=O) groups excluding carboxylic acids is 1. The lowest BCUT2D eigenvalue weighted by atomic mass is 9.96. The molecule has 1 N–H and O–H groups in total. The van der Waals surface area contributed by atoms with Gasteiger partial charge in [-0.3, -0.25) is 4.79 Å². The molecule has 5 heteroatoms. The average Bonchev–Trinajstić information content (AvgIpc) is 2.83. The third-order valence-electron chi connectivity index (χ3n) is 3.74. The van der Waals surface area contributed by atoms with Crippen LogP contribution in [0.1, 0.15) is 21.1 Å². The molecule has 4 nitrogen and oxygen atoms in total. The molecule has 1 atom stereocenters. The maximum Gasteiger partial charge on any atom is 0.227 e. The van der Waals surface area contributed by atoms with Crippen LogP contribution in [0.2, 0.25) is 0 Å². The summed E-state index contributed by atoms with van der Waals surface area (Å²) in [5.74, 6) is 0.810. The molecule has 1 aromatic heterocycles. The van der Waals surface area contributed by atoms with Crippen LogP contribution in [0.4, 0.5) is 0 Å². The molecule has 2 heterocycles. The molecule has 0 radical (unpaired) electrons. The molecule has 0 unspecified atom stereocenters. The normalized spacial score (nSPS) is 17.0. The van der Waals surface area contributed by atoms with E-state index >= 15 is 0 Å². The largest absolute Gasteiger partial charge is 0.492 e. The molecule has 2 aromatic rings. The second-order valence-corrected chi connectivity index (χ2v) is 6.57. The van der Waals surface area contributed by atoms with Crippen LogP contribution in [0.15, 0.2) is 24.3 Å². The molecule has 1 amide bonds. The lowest BCUT2D eigenvalue weighted by Gasteiger charge is -2.24. The standard InChI is InChI=1S/C16H18N2O2S/c1-10-11(2)21-15(18-10)8-17-16(19)13-7-12-5-3-4-6-14(12)20-9-13/h3-6,13H,7-9H2,1-2H3,(H,17,19)/t13-/m1/s1. The van der Waals surface area contributed by atoms with Gasteiger partial charge in [0.25, 0.3) is 0 Å². The van der Waals surface area contributed by atoms with Crippen molar-refractivity contribution in [2.24, 2.45) is 5.92 Å². The minimum absolute atomic E-state index is 0.0370. The lowest BCUT2D eigenvalue weighted by Crippen LogP contribution is -2.37. The summed E-state index contributed by atoms with van der Waals surface area (Å²) < 4.78 is 5.66. The molecule has 1 aromatic carbocycles. The first-order valence-corrected chi connectivity index (χ1v) is 7.86. The van der Waals surface area contributed by atoms with Crippen molar-refractivity contribution < 1.29 is 9.53 Å². The number of hydrogen-bond donors (Lipinski definition) is 1. The van der Waals surface area contributed by atoms with E-state index in [0.29, 0.717) is 13.2 Å². The van der Waals surface area contributed by atoms with Crippen LogP contribution in [-0.2, 0) is 17.8 Å². The van der Waals surface area contributed by atoms with E-state index < -0.39 is 0 Å². The Balaban J connectivity index is 1.59. The van der Waals surface area contributed by atoms with Gasteiger partial charge in [0, 0.05) is 4.88 Å². The van der Waals surface area contributed by atoms with Crippen molar-refractivity contribution >= 4 is 17.2 Å². The molecule has 3 rings (SSSR count). The fourth-order valence-corrected chi connectivity index (χ4v) is 3.29. The zero-order valence-corrected chi connectivity index (χ0v) is 13.0. The fraction of sp³-hybridized carbons (Fsp3) is 0.375. The van der Waals surface area contributed by atoms with E-state index in [2.05, 4.69) is 10.3 Å². The zero-order valence-electron chi connectivity index (χ0n) is 12.2. The summed E-state index contributed by atoms with van der Waals surface area (Å²) in [6, 6.07) is 7.89. The lowest BCUT2D eigenvalue weighted by molar-refractivity contribution is -0.126. The molecule has 110 valence electrons. The maximum absolute atomic E-state index is 12.3. The van der Waals surface area contributed by atoms with Gasteiger partial charge < -0.3 is 10.1 Å². The molecule has 0 aliphatic carbocycles. The van der Waals surface area contributed by atoms with Gasteiger partial charge in [-0.2, -0.15) is 0 Å². The van der Waals surface area contributed by atoms with Crippen molar-refractivity contribution in [2.45, 2.75) is 26.8 Å². The number of ether oxygens (including phenoxy) is 1. The highest BCUT2D eigenvalue weighted by Gasteiger charge is 2.25. The number of nitrogens with one attached hydrogen (secondary N) is 1. The summed E-state index contributed by atoms with van der Waals surface area (Å²) in [5.41, 5.74) is 2.14. The van der Waals surface area contributed by atoms with Crippen molar-refractivity contribution in [3.05, 3.63) is 45.4 Å². The van der Waals surface area contributed by atoms with Gasteiger partial charge in [-0.25, -0.2) is 4.98 Å². The summed E-state index contributed by atoms with van der Waals surface area (Å²) in [6.07, 6.45) is 0.734. The Morgan fingerprint density at radius 3 is 3.00 bits per heavy atom. The number of thiazole rings is 1. The van der Waals surface area contributed by atoms with Crippen molar-refractivity contribution in [3.8, 4) is 5.75 Å². The Kier molecular flexibility index (Phi) is 3.92. The number of fused-ring (bicyclic) bond motifs is 1. The molecule has 21 heavy (non-hydrogen) atoms.